The van der Waals surface area contributed by atoms with E-state index in [1.807, 2.05) is 0 Å². The van der Waals surface area contributed by atoms with E-state index < -0.39 is 11.8 Å². The van der Waals surface area contributed by atoms with E-state index in [1.165, 1.54) is 24.3 Å². The fourth-order valence-electron chi connectivity index (χ4n) is 2.22. The van der Waals surface area contributed by atoms with Crippen molar-refractivity contribution >= 4 is 34.8 Å². The molecule has 1 aliphatic rings. The van der Waals surface area contributed by atoms with Gasteiger partial charge in [-0.05, 0) is 43.7 Å². The molecule has 2 rings (SSSR count). The molecule has 0 unspecified atom stereocenters. The molecule has 6 nitrogen and oxygen atoms in total. The van der Waals surface area contributed by atoms with Gasteiger partial charge in [0.1, 0.15) is 11.4 Å². The molecule has 0 aromatic heterocycles. The maximum absolute atomic E-state index is 12.3. The van der Waals surface area contributed by atoms with Gasteiger partial charge in [-0.1, -0.05) is 11.6 Å². The molecule has 0 heterocycles. The smallest absolute Gasteiger partial charge is 0.324 e. The first-order valence-corrected chi connectivity index (χ1v) is 6.72. The van der Waals surface area contributed by atoms with Gasteiger partial charge < -0.3 is 16.2 Å². The van der Waals surface area contributed by atoms with Gasteiger partial charge in [-0.2, -0.15) is 0 Å². The van der Waals surface area contributed by atoms with Crippen molar-refractivity contribution in [3.8, 4) is 5.75 Å². The van der Waals surface area contributed by atoms with Crippen molar-refractivity contribution in [3.63, 3.8) is 0 Å². The summed E-state index contributed by atoms with van der Waals surface area (Å²) in [5.41, 5.74) is 6.65. The molecular formula is C15H14ClN3O3. The summed E-state index contributed by atoms with van der Waals surface area (Å²) in [5, 5.41) is 17.5. The number of nitrogens with zero attached hydrogens (tertiary/aromatic N) is 1. The zero-order chi connectivity index (χ0) is 16.6. The number of urea groups is 1. The highest BCUT2D eigenvalue weighted by atomic mass is 35.5. The molecule has 0 aliphatic heterocycles. The topological polar surface area (TPSA) is 107 Å². The molecule has 114 valence electrons. The lowest BCUT2D eigenvalue weighted by atomic mass is 9.93. The second-order valence-electron chi connectivity index (χ2n) is 4.85. The Morgan fingerprint density at radius 2 is 2.00 bits per heavy atom. The number of nitrogens with two attached hydrogens (primary N) is 1. The number of allylic oxidation sites excluding steroid dienone is 3. The zero-order valence-electron chi connectivity index (χ0n) is 12.0. The summed E-state index contributed by atoms with van der Waals surface area (Å²) < 4.78 is 0. The third-order valence-electron chi connectivity index (χ3n) is 3.34. The van der Waals surface area contributed by atoms with Gasteiger partial charge in [0.05, 0.1) is 16.4 Å². The largest absolute Gasteiger partial charge is 0.506 e. The third-order valence-corrected chi connectivity index (χ3v) is 3.64. The Kier molecular flexibility index (Phi) is 4.05. The Bertz CT molecular complexity index is 765. The highest BCUT2D eigenvalue weighted by Gasteiger charge is 2.29. The molecule has 4 N–H and O–H groups in total. The van der Waals surface area contributed by atoms with Crippen molar-refractivity contribution in [1.82, 2.24) is 0 Å². The van der Waals surface area contributed by atoms with Crippen LogP contribution >= 0.6 is 11.6 Å². The fourth-order valence-corrected chi connectivity index (χ4v) is 2.39. The second-order valence-corrected chi connectivity index (χ2v) is 5.26. The van der Waals surface area contributed by atoms with Crippen molar-refractivity contribution < 1.29 is 14.7 Å². The number of anilines is 1. The van der Waals surface area contributed by atoms with Gasteiger partial charge in [0, 0.05) is 5.57 Å². The molecule has 7 heteroatoms. The molecule has 0 saturated heterocycles. The number of benzene rings is 1. The number of amides is 2. The first kappa shape index (κ1) is 15.8. The average Bonchev–Trinajstić information content (AvgIpc) is 2.44. The maximum Gasteiger partial charge on any atom is 0.324 e. The SMILES string of the molecule is CC1=CC(=O)C(N(C(N)=O)c2ccc(O)c(Cl)c2)=C(C)C1=N. The highest BCUT2D eigenvalue weighted by molar-refractivity contribution is 6.32. The summed E-state index contributed by atoms with van der Waals surface area (Å²) >= 11 is 5.84. The molecule has 1 aromatic carbocycles. The van der Waals surface area contributed by atoms with Crippen molar-refractivity contribution in [1.29, 1.82) is 5.41 Å². The third kappa shape index (κ3) is 2.60. The standard InChI is InChI=1S/C15H14ClN3O3/c1-7-5-12(21)14(8(2)13(7)17)19(15(18)22)9-3-4-11(20)10(16)6-9/h3-6,17,20H,1-2H3,(H2,18,22). The minimum absolute atomic E-state index is 0.00450. The van der Waals surface area contributed by atoms with Crippen LogP contribution in [0.1, 0.15) is 13.8 Å². The summed E-state index contributed by atoms with van der Waals surface area (Å²) in [6.07, 6.45) is 1.28. The number of phenols is 1. The van der Waals surface area contributed by atoms with E-state index in [0.717, 1.165) is 4.90 Å². The molecule has 22 heavy (non-hydrogen) atoms. The normalized spacial score (nSPS) is 15.0. The Labute approximate surface area is 132 Å². The van der Waals surface area contributed by atoms with Crippen molar-refractivity contribution in [2.45, 2.75) is 13.8 Å². The van der Waals surface area contributed by atoms with Gasteiger partial charge in [-0.25, -0.2) is 4.79 Å². The lowest BCUT2D eigenvalue weighted by Gasteiger charge is -2.27. The maximum atomic E-state index is 12.3. The van der Waals surface area contributed by atoms with Crippen LogP contribution in [0.2, 0.25) is 5.02 Å². The number of rotatable bonds is 2. The first-order chi connectivity index (χ1) is 10.2. The number of carbonyl (C=O) groups is 2. The quantitative estimate of drug-likeness (QED) is 0.729. The van der Waals surface area contributed by atoms with Crippen molar-refractivity contribution in [3.05, 3.63) is 46.1 Å². The molecule has 0 fully saturated rings. The monoisotopic (exact) mass is 319 g/mol. The Hall–Kier alpha value is -2.60. The number of aromatic hydroxyl groups is 1. The van der Waals surface area contributed by atoms with Crippen LogP contribution in [0.15, 0.2) is 41.1 Å². The van der Waals surface area contributed by atoms with Gasteiger partial charge in [0.25, 0.3) is 0 Å². The highest BCUT2D eigenvalue weighted by Crippen LogP contribution is 2.32. The molecule has 0 bridgehead atoms. The van der Waals surface area contributed by atoms with Crippen LogP contribution in [0.4, 0.5) is 10.5 Å². The lowest BCUT2D eigenvalue weighted by molar-refractivity contribution is -0.111. The summed E-state index contributed by atoms with van der Waals surface area (Å²) in [4.78, 5) is 25.1. The number of hydrogen-bond donors (Lipinski definition) is 3. The molecule has 0 atom stereocenters. The molecule has 0 radical (unpaired) electrons. The zero-order valence-corrected chi connectivity index (χ0v) is 12.7. The number of hydrogen-bond acceptors (Lipinski definition) is 4. The number of halogens is 1. The van der Waals surface area contributed by atoms with Crippen LogP contribution in [0.25, 0.3) is 0 Å². The van der Waals surface area contributed by atoms with Crippen molar-refractivity contribution in [2.24, 2.45) is 5.73 Å². The minimum Gasteiger partial charge on any atom is -0.506 e. The summed E-state index contributed by atoms with van der Waals surface area (Å²) in [5.74, 6) is -0.576. The number of phenolic OH excluding ortho intramolecular Hbond substituents is 1. The van der Waals surface area contributed by atoms with Crippen LogP contribution in [0, 0.1) is 5.41 Å². The van der Waals surface area contributed by atoms with Crippen molar-refractivity contribution in [2.75, 3.05) is 4.90 Å². The van der Waals surface area contributed by atoms with Crippen LogP contribution < -0.4 is 10.6 Å². The van der Waals surface area contributed by atoms with Gasteiger partial charge in [-0.3, -0.25) is 9.69 Å². The summed E-state index contributed by atoms with van der Waals surface area (Å²) in [7, 11) is 0. The number of nitrogens with one attached hydrogen (secondary N) is 1. The predicted octanol–water partition coefficient (Wildman–Crippen LogP) is 2.75. The molecule has 0 spiro atoms. The van der Waals surface area contributed by atoms with E-state index >= 15 is 0 Å². The molecule has 2 amide bonds. The van der Waals surface area contributed by atoms with E-state index in [1.54, 1.807) is 13.8 Å². The minimum atomic E-state index is -0.884. The number of ketones is 1. The lowest BCUT2D eigenvalue weighted by Crippen LogP contribution is -2.40. The molecule has 1 aromatic rings. The molecule has 0 saturated carbocycles. The number of carbonyl (C=O) groups excluding carboxylic acids is 2. The Morgan fingerprint density at radius 1 is 1.36 bits per heavy atom. The van der Waals surface area contributed by atoms with Gasteiger partial charge >= 0.3 is 6.03 Å². The Morgan fingerprint density at radius 3 is 2.55 bits per heavy atom. The predicted molar refractivity (Wildman–Crippen MR) is 84.4 cm³/mol. The van der Waals surface area contributed by atoms with Gasteiger partial charge in [-0.15, -0.1) is 0 Å². The van der Waals surface area contributed by atoms with E-state index in [-0.39, 0.29) is 27.9 Å². The first-order valence-electron chi connectivity index (χ1n) is 6.35. The molecule has 1 aliphatic carbocycles. The van der Waals surface area contributed by atoms with Crippen LogP contribution in [0.5, 0.6) is 5.75 Å². The molecular weight excluding hydrogens is 306 g/mol. The average molecular weight is 320 g/mol. The second kappa shape index (κ2) is 5.65. The van der Waals surface area contributed by atoms with Crippen LogP contribution in [0.3, 0.4) is 0 Å². The number of primary amides is 1. The summed E-state index contributed by atoms with van der Waals surface area (Å²) in [6, 6.07) is 3.15. The van der Waals surface area contributed by atoms with E-state index in [9.17, 15) is 14.7 Å². The summed E-state index contributed by atoms with van der Waals surface area (Å²) in [6.45, 7) is 3.22. The van der Waals surface area contributed by atoms with Crippen LogP contribution in [-0.2, 0) is 4.79 Å². The van der Waals surface area contributed by atoms with Crippen LogP contribution in [-0.4, -0.2) is 22.6 Å². The van der Waals surface area contributed by atoms with E-state index in [4.69, 9.17) is 22.7 Å². The Balaban J connectivity index is 2.62. The van der Waals surface area contributed by atoms with E-state index in [2.05, 4.69) is 0 Å². The van der Waals surface area contributed by atoms with Gasteiger partial charge in [0.15, 0.2) is 0 Å². The van der Waals surface area contributed by atoms with E-state index in [0.29, 0.717) is 11.1 Å². The fraction of sp³-hybridized carbons (Fsp3) is 0.133. The van der Waals surface area contributed by atoms with Gasteiger partial charge in [0.2, 0.25) is 5.78 Å².